The summed E-state index contributed by atoms with van der Waals surface area (Å²) < 4.78 is 7.04. The minimum atomic E-state index is -0.952. The zero-order valence-electron chi connectivity index (χ0n) is 10.8. The number of para-hydroxylation sites is 1. The molecule has 21 heavy (non-hydrogen) atoms. The quantitative estimate of drug-likeness (QED) is 0.784. The molecule has 3 aromatic rings. The van der Waals surface area contributed by atoms with Crippen molar-refractivity contribution in [1.82, 2.24) is 14.8 Å². The van der Waals surface area contributed by atoms with E-state index in [2.05, 4.69) is 10.1 Å². The first-order valence-electron chi connectivity index (χ1n) is 6.13. The summed E-state index contributed by atoms with van der Waals surface area (Å²) >= 11 is 1.17. The fourth-order valence-electron chi connectivity index (χ4n) is 1.80. The topological polar surface area (TPSA) is 77.2 Å². The summed E-state index contributed by atoms with van der Waals surface area (Å²) in [6, 6.07) is 11.5. The molecular weight excluding hydrogens is 290 g/mol. The van der Waals surface area contributed by atoms with Gasteiger partial charge in [-0.25, -0.2) is 9.48 Å². The monoisotopic (exact) mass is 301 g/mol. The summed E-state index contributed by atoms with van der Waals surface area (Å²) in [5, 5.41) is 14.9. The number of carboxylic acid groups (broad SMARTS) is 1. The molecular formula is C14H11N3O3S. The number of nitrogens with zero attached hydrogens (tertiary/aromatic N) is 3. The van der Waals surface area contributed by atoms with Gasteiger partial charge in [0.15, 0.2) is 0 Å². The summed E-state index contributed by atoms with van der Waals surface area (Å²) in [6.45, 7) is 0.129. The lowest BCUT2D eigenvalue weighted by Gasteiger charge is -2.01. The van der Waals surface area contributed by atoms with Crippen molar-refractivity contribution < 1.29 is 14.6 Å². The second-order valence-electron chi connectivity index (χ2n) is 4.18. The fourth-order valence-corrected chi connectivity index (χ4v) is 2.55. The Labute approximate surface area is 124 Å². The standard InChI is InChI=1S/C14H11N3O3S/c18-13(19)12-10(6-7-21-12)8-20-14-15-9-17(16-14)11-4-2-1-3-5-11/h1-7,9H,8H2,(H,18,19). The summed E-state index contributed by atoms with van der Waals surface area (Å²) in [5.41, 5.74) is 1.49. The Balaban J connectivity index is 1.71. The number of rotatable bonds is 5. The largest absolute Gasteiger partial charge is 0.477 e. The van der Waals surface area contributed by atoms with Gasteiger partial charge in [0.05, 0.1) is 5.69 Å². The summed E-state index contributed by atoms with van der Waals surface area (Å²) in [4.78, 5) is 15.3. The Kier molecular flexibility index (Phi) is 3.65. The first kappa shape index (κ1) is 13.3. The molecule has 3 rings (SSSR count). The molecule has 0 aliphatic heterocycles. The average Bonchev–Trinajstić information content (AvgIpc) is 3.15. The number of benzene rings is 1. The van der Waals surface area contributed by atoms with Crippen molar-refractivity contribution in [2.75, 3.05) is 0 Å². The van der Waals surface area contributed by atoms with Crippen LogP contribution in [0.3, 0.4) is 0 Å². The van der Waals surface area contributed by atoms with Crippen LogP contribution in [0.2, 0.25) is 0 Å². The van der Waals surface area contributed by atoms with Crippen molar-refractivity contribution in [3.05, 3.63) is 58.5 Å². The molecule has 0 unspecified atom stereocenters. The molecule has 1 aromatic carbocycles. The molecule has 6 nitrogen and oxygen atoms in total. The predicted octanol–water partition coefficient (Wildman–Crippen LogP) is 2.61. The highest BCUT2D eigenvalue weighted by molar-refractivity contribution is 7.12. The minimum absolute atomic E-state index is 0.129. The highest BCUT2D eigenvalue weighted by atomic mass is 32.1. The molecule has 0 fully saturated rings. The van der Waals surface area contributed by atoms with Crippen molar-refractivity contribution in [3.63, 3.8) is 0 Å². The molecule has 0 aliphatic rings. The van der Waals surface area contributed by atoms with Crippen LogP contribution >= 0.6 is 11.3 Å². The number of carboxylic acids is 1. The van der Waals surface area contributed by atoms with Crippen LogP contribution in [-0.4, -0.2) is 25.8 Å². The molecule has 0 saturated heterocycles. The zero-order valence-corrected chi connectivity index (χ0v) is 11.7. The van der Waals surface area contributed by atoms with E-state index in [9.17, 15) is 4.79 Å². The van der Waals surface area contributed by atoms with E-state index in [1.807, 2.05) is 30.3 Å². The molecule has 0 aliphatic carbocycles. The van der Waals surface area contributed by atoms with E-state index in [1.54, 1.807) is 22.5 Å². The SMILES string of the molecule is O=C(O)c1sccc1COc1ncn(-c2ccccc2)n1. The lowest BCUT2D eigenvalue weighted by Crippen LogP contribution is -2.03. The molecule has 0 radical (unpaired) electrons. The van der Waals surface area contributed by atoms with Crippen LogP contribution in [0.15, 0.2) is 48.1 Å². The lowest BCUT2D eigenvalue weighted by atomic mass is 10.3. The van der Waals surface area contributed by atoms with Gasteiger partial charge in [-0.05, 0) is 23.6 Å². The van der Waals surface area contributed by atoms with E-state index in [0.717, 1.165) is 5.69 Å². The number of aromatic nitrogens is 3. The Hall–Kier alpha value is -2.67. The van der Waals surface area contributed by atoms with Crippen LogP contribution in [-0.2, 0) is 6.61 Å². The van der Waals surface area contributed by atoms with Gasteiger partial charge in [0.1, 0.15) is 17.8 Å². The van der Waals surface area contributed by atoms with Crippen LogP contribution in [0.5, 0.6) is 6.01 Å². The van der Waals surface area contributed by atoms with E-state index in [0.29, 0.717) is 5.56 Å². The van der Waals surface area contributed by atoms with Gasteiger partial charge < -0.3 is 9.84 Å². The van der Waals surface area contributed by atoms with E-state index < -0.39 is 5.97 Å². The summed E-state index contributed by atoms with van der Waals surface area (Å²) in [6.07, 6.45) is 1.55. The molecule has 1 N–H and O–H groups in total. The smallest absolute Gasteiger partial charge is 0.346 e. The van der Waals surface area contributed by atoms with Crippen LogP contribution in [0.25, 0.3) is 5.69 Å². The number of hydrogen-bond donors (Lipinski definition) is 1. The minimum Gasteiger partial charge on any atom is -0.477 e. The van der Waals surface area contributed by atoms with E-state index >= 15 is 0 Å². The normalized spacial score (nSPS) is 10.5. The van der Waals surface area contributed by atoms with Gasteiger partial charge in [-0.15, -0.1) is 16.4 Å². The van der Waals surface area contributed by atoms with Crippen molar-refractivity contribution in [1.29, 1.82) is 0 Å². The van der Waals surface area contributed by atoms with Gasteiger partial charge >= 0.3 is 12.0 Å². The maximum absolute atomic E-state index is 11.0. The Morgan fingerprint density at radius 3 is 2.86 bits per heavy atom. The fraction of sp³-hybridized carbons (Fsp3) is 0.0714. The molecule has 0 saturated carbocycles. The van der Waals surface area contributed by atoms with Crippen molar-refractivity contribution in [2.45, 2.75) is 6.61 Å². The third kappa shape index (κ3) is 2.92. The van der Waals surface area contributed by atoms with Crippen LogP contribution in [0, 0.1) is 0 Å². The van der Waals surface area contributed by atoms with Gasteiger partial charge in [-0.2, -0.15) is 4.98 Å². The van der Waals surface area contributed by atoms with Crippen molar-refractivity contribution in [3.8, 4) is 11.7 Å². The lowest BCUT2D eigenvalue weighted by molar-refractivity contribution is 0.0699. The highest BCUT2D eigenvalue weighted by Gasteiger charge is 2.13. The van der Waals surface area contributed by atoms with E-state index in [-0.39, 0.29) is 17.5 Å². The third-order valence-electron chi connectivity index (χ3n) is 2.79. The van der Waals surface area contributed by atoms with E-state index in [4.69, 9.17) is 9.84 Å². The molecule has 0 spiro atoms. The summed E-state index contributed by atoms with van der Waals surface area (Å²) in [5.74, 6) is -0.952. The first-order chi connectivity index (χ1) is 10.2. The second-order valence-corrected chi connectivity index (χ2v) is 5.09. The molecule has 106 valence electrons. The molecule has 2 aromatic heterocycles. The Morgan fingerprint density at radius 2 is 2.10 bits per heavy atom. The predicted molar refractivity (Wildman–Crippen MR) is 77.0 cm³/mol. The average molecular weight is 301 g/mol. The number of aromatic carboxylic acids is 1. The van der Waals surface area contributed by atoms with Gasteiger partial charge in [-0.1, -0.05) is 18.2 Å². The van der Waals surface area contributed by atoms with Crippen molar-refractivity contribution >= 4 is 17.3 Å². The first-order valence-corrected chi connectivity index (χ1v) is 7.01. The zero-order chi connectivity index (χ0) is 14.7. The molecule has 0 amide bonds. The van der Waals surface area contributed by atoms with E-state index in [1.165, 1.54) is 11.3 Å². The van der Waals surface area contributed by atoms with Gasteiger partial charge in [0, 0.05) is 5.56 Å². The molecule has 0 bridgehead atoms. The number of carbonyl (C=O) groups is 1. The highest BCUT2D eigenvalue weighted by Crippen LogP contribution is 2.18. The Bertz CT molecular complexity index is 752. The van der Waals surface area contributed by atoms with Crippen molar-refractivity contribution in [2.24, 2.45) is 0 Å². The molecule has 7 heteroatoms. The Morgan fingerprint density at radius 1 is 1.29 bits per heavy atom. The van der Waals surface area contributed by atoms with Crippen LogP contribution in [0.1, 0.15) is 15.2 Å². The maximum atomic E-state index is 11.0. The second kappa shape index (κ2) is 5.76. The van der Waals surface area contributed by atoms with Crippen LogP contribution < -0.4 is 4.74 Å². The van der Waals surface area contributed by atoms with Gasteiger partial charge in [0.2, 0.25) is 0 Å². The third-order valence-corrected chi connectivity index (χ3v) is 3.73. The van der Waals surface area contributed by atoms with Crippen LogP contribution in [0.4, 0.5) is 0 Å². The number of ether oxygens (including phenoxy) is 1. The number of hydrogen-bond acceptors (Lipinski definition) is 5. The van der Waals surface area contributed by atoms with Gasteiger partial charge in [-0.3, -0.25) is 0 Å². The summed E-state index contributed by atoms with van der Waals surface area (Å²) in [7, 11) is 0. The van der Waals surface area contributed by atoms with Gasteiger partial charge in [0.25, 0.3) is 0 Å². The maximum Gasteiger partial charge on any atom is 0.346 e. The number of thiophene rings is 1. The molecule has 0 atom stereocenters. The molecule has 2 heterocycles.